The third-order valence-electron chi connectivity index (χ3n) is 4.02. The smallest absolute Gasteiger partial charge is 0.256 e. The van der Waals surface area contributed by atoms with Crippen molar-refractivity contribution in [3.8, 4) is 0 Å². The molecule has 0 radical (unpaired) electrons. The van der Waals surface area contributed by atoms with Gasteiger partial charge in [-0.25, -0.2) is 0 Å². The maximum atomic E-state index is 12.6. The molecule has 0 aromatic rings. The fourth-order valence-electron chi connectivity index (χ4n) is 2.81. The zero-order valence-electron chi connectivity index (χ0n) is 13.6. The standard InChI is InChI=1S/C15H25N3O4/c1-6-11(19)18-8-7-15(22,9-18)14(21)17(5)12(10(2)3)13(20)16-4/h6,10,12,22H,1,7-9H2,2-5H3,(H,16,20)/t12-,15?/m0/s1. The maximum absolute atomic E-state index is 12.6. The number of amides is 3. The van der Waals surface area contributed by atoms with E-state index in [0.717, 1.165) is 6.08 Å². The Balaban J connectivity index is 2.92. The molecule has 0 saturated carbocycles. The number of carbonyl (C=O) groups excluding carboxylic acids is 3. The van der Waals surface area contributed by atoms with E-state index in [1.807, 2.05) is 13.8 Å². The highest BCUT2D eigenvalue weighted by Gasteiger charge is 2.47. The number of nitrogens with one attached hydrogen (secondary N) is 1. The van der Waals surface area contributed by atoms with E-state index in [4.69, 9.17) is 0 Å². The van der Waals surface area contributed by atoms with Crippen LogP contribution in [0.15, 0.2) is 12.7 Å². The molecule has 2 atom stereocenters. The predicted octanol–water partition coefficient (Wildman–Crippen LogP) is -0.635. The molecule has 2 N–H and O–H groups in total. The van der Waals surface area contributed by atoms with Gasteiger partial charge in [0.1, 0.15) is 6.04 Å². The van der Waals surface area contributed by atoms with Gasteiger partial charge in [0.25, 0.3) is 5.91 Å². The highest BCUT2D eigenvalue weighted by molar-refractivity contribution is 5.93. The van der Waals surface area contributed by atoms with E-state index >= 15 is 0 Å². The molecule has 0 aromatic carbocycles. The van der Waals surface area contributed by atoms with Crippen LogP contribution in [0.25, 0.3) is 0 Å². The Kier molecular flexibility index (Phi) is 5.71. The molecule has 0 bridgehead atoms. The monoisotopic (exact) mass is 311 g/mol. The van der Waals surface area contributed by atoms with Crippen LogP contribution in [0.5, 0.6) is 0 Å². The van der Waals surface area contributed by atoms with Crippen molar-refractivity contribution in [1.29, 1.82) is 0 Å². The number of likely N-dealkylation sites (N-methyl/N-ethyl adjacent to an activating group) is 2. The van der Waals surface area contributed by atoms with E-state index in [0.29, 0.717) is 0 Å². The molecule has 1 unspecified atom stereocenters. The molecule has 1 heterocycles. The lowest BCUT2D eigenvalue weighted by atomic mass is 9.96. The quantitative estimate of drug-likeness (QED) is 0.661. The summed E-state index contributed by atoms with van der Waals surface area (Å²) in [6.07, 6.45) is 1.30. The number of hydrogen-bond acceptors (Lipinski definition) is 4. The molecule has 1 rings (SSSR count). The van der Waals surface area contributed by atoms with E-state index < -0.39 is 17.6 Å². The van der Waals surface area contributed by atoms with E-state index in [-0.39, 0.29) is 37.2 Å². The van der Waals surface area contributed by atoms with Crippen LogP contribution in [0.1, 0.15) is 20.3 Å². The minimum absolute atomic E-state index is 0.0837. The number of nitrogens with zero attached hydrogens (tertiary/aromatic N) is 2. The highest BCUT2D eigenvalue weighted by atomic mass is 16.3. The molecule has 7 nitrogen and oxygen atoms in total. The third kappa shape index (κ3) is 3.47. The average molecular weight is 311 g/mol. The SMILES string of the molecule is C=CC(=O)N1CCC(O)(C(=O)N(C)[C@H](C(=O)NC)C(C)C)C1. The second-order valence-electron chi connectivity index (χ2n) is 5.96. The fraction of sp³-hybridized carbons (Fsp3) is 0.667. The van der Waals surface area contributed by atoms with E-state index in [2.05, 4.69) is 11.9 Å². The predicted molar refractivity (Wildman–Crippen MR) is 81.8 cm³/mol. The van der Waals surface area contributed by atoms with E-state index in [9.17, 15) is 19.5 Å². The van der Waals surface area contributed by atoms with Crippen molar-refractivity contribution in [3.63, 3.8) is 0 Å². The molecule has 1 aliphatic heterocycles. The second-order valence-corrected chi connectivity index (χ2v) is 5.96. The van der Waals surface area contributed by atoms with Crippen LogP contribution >= 0.6 is 0 Å². The summed E-state index contributed by atoms with van der Waals surface area (Å²) < 4.78 is 0. The maximum Gasteiger partial charge on any atom is 0.256 e. The molecule has 0 aliphatic carbocycles. The van der Waals surface area contributed by atoms with Crippen molar-refractivity contribution in [2.75, 3.05) is 27.2 Å². The van der Waals surface area contributed by atoms with Gasteiger partial charge < -0.3 is 20.2 Å². The summed E-state index contributed by atoms with van der Waals surface area (Å²) in [5.41, 5.74) is -1.66. The number of rotatable bonds is 5. The Morgan fingerprint density at radius 1 is 1.41 bits per heavy atom. The first-order valence-corrected chi connectivity index (χ1v) is 7.30. The Morgan fingerprint density at radius 2 is 2.00 bits per heavy atom. The molecule has 124 valence electrons. The van der Waals surface area contributed by atoms with Crippen LogP contribution in [0, 0.1) is 5.92 Å². The molecule has 1 saturated heterocycles. The van der Waals surface area contributed by atoms with Gasteiger partial charge in [0.15, 0.2) is 5.60 Å². The minimum atomic E-state index is -1.66. The van der Waals surface area contributed by atoms with Crippen molar-refractivity contribution in [1.82, 2.24) is 15.1 Å². The van der Waals surface area contributed by atoms with Gasteiger partial charge in [-0.3, -0.25) is 14.4 Å². The summed E-state index contributed by atoms with van der Waals surface area (Å²) in [5.74, 6) is -1.26. The Bertz CT molecular complexity index is 477. The van der Waals surface area contributed by atoms with E-state index in [1.165, 1.54) is 23.9 Å². The Morgan fingerprint density at radius 3 is 2.45 bits per heavy atom. The van der Waals surface area contributed by atoms with Crippen molar-refractivity contribution in [2.45, 2.75) is 31.9 Å². The number of likely N-dealkylation sites (tertiary alicyclic amines) is 1. The van der Waals surface area contributed by atoms with Crippen molar-refractivity contribution in [2.24, 2.45) is 5.92 Å². The van der Waals surface area contributed by atoms with Gasteiger partial charge in [0.05, 0.1) is 6.54 Å². The topological polar surface area (TPSA) is 90.0 Å². The molecule has 0 aromatic heterocycles. The van der Waals surface area contributed by atoms with Crippen LogP contribution in [0.3, 0.4) is 0 Å². The lowest BCUT2D eigenvalue weighted by Crippen LogP contribution is -2.57. The summed E-state index contributed by atoms with van der Waals surface area (Å²) in [5, 5.41) is 13.1. The summed E-state index contributed by atoms with van der Waals surface area (Å²) in [6, 6.07) is -0.675. The summed E-state index contributed by atoms with van der Waals surface area (Å²) >= 11 is 0. The number of carbonyl (C=O) groups is 3. The van der Waals surface area contributed by atoms with Gasteiger partial charge >= 0.3 is 0 Å². The summed E-state index contributed by atoms with van der Waals surface area (Å²) in [7, 11) is 3.00. The van der Waals surface area contributed by atoms with Gasteiger partial charge in [-0.2, -0.15) is 0 Å². The molecule has 22 heavy (non-hydrogen) atoms. The molecule has 1 aliphatic rings. The highest BCUT2D eigenvalue weighted by Crippen LogP contribution is 2.25. The molecular formula is C15H25N3O4. The van der Waals surface area contributed by atoms with Crippen LogP contribution in [0.4, 0.5) is 0 Å². The van der Waals surface area contributed by atoms with Crippen molar-refractivity contribution >= 4 is 17.7 Å². The third-order valence-corrected chi connectivity index (χ3v) is 4.02. The second kappa shape index (κ2) is 6.91. The summed E-state index contributed by atoms with van der Waals surface area (Å²) in [4.78, 5) is 38.8. The van der Waals surface area contributed by atoms with Crippen LogP contribution in [0.2, 0.25) is 0 Å². The molecular weight excluding hydrogens is 286 g/mol. The zero-order valence-corrected chi connectivity index (χ0v) is 13.6. The molecule has 1 fully saturated rings. The van der Waals surface area contributed by atoms with Gasteiger partial charge in [-0.1, -0.05) is 20.4 Å². The van der Waals surface area contributed by atoms with Gasteiger partial charge in [-0.05, 0) is 12.0 Å². The molecule has 0 spiro atoms. The van der Waals surface area contributed by atoms with Gasteiger partial charge in [0, 0.05) is 27.1 Å². The minimum Gasteiger partial charge on any atom is -0.378 e. The Hall–Kier alpha value is -1.89. The first kappa shape index (κ1) is 18.2. The zero-order chi connectivity index (χ0) is 17.1. The number of hydrogen-bond donors (Lipinski definition) is 2. The average Bonchev–Trinajstić information content (AvgIpc) is 2.88. The number of aliphatic hydroxyl groups is 1. The lowest BCUT2D eigenvalue weighted by Gasteiger charge is -2.34. The van der Waals surface area contributed by atoms with Crippen LogP contribution < -0.4 is 5.32 Å². The fourth-order valence-corrected chi connectivity index (χ4v) is 2.81. The van der Waals surface area contributed by atoms with Crippen LogP contribution in [-0.2, 0) is 14.4 Å². The Labute approximate surface area is 131 Å². The van der Waals surface area contributed by atoms with Gasteiger partial charge in [0.2, 0.25) is 11.8 Å². The largest absolute Gasteiger partial charge is 0.378 e. The number of β-amino-alcohol motifs (C(OH)–C–C–N with tert-alkyl or cyclic N) is 1. The lowest BCUT2D eigenvalue weighted by molar-refractivity contribution is -0.155. The van der Waals surface area contributed by atoms with Crippen molar-refractivity contribution in [3.05, 3.63) is 12.7 Å². The first-order chi connectivity index (χ1) is 10.2. The summed E-state index contributed by atoms with van der Waals surface area (Å²) in [6.45, 7) is 7.26. The van der Waals surface area contributed by atoms with Crippen molar-refractivity contribution < 1.29 is 19.5 Å². The molecule has 3 amide bonds. The van der Waals surface area contributed by atoms with E-state index in [1.54, 1.807) is 0 Å². The molecule has 7 heteroatoms. The normalized spacial score (nSPS) is 22.4. The van der Waals surface area contributed by atoms with Crippen LogP contribution in [-0.4, -0.2) is 71.5 Å². The van der Waals surface area contributed by atoms with Gasteiger partial charge in [-0.15, -0.1) is 0 Å². The first-order valence-electron chi connectivity index (χ1n) is 7.30.